The summed E-state index contributed by atoms with van der Waals surface area (Å²) < 4.78 is 1.14. The lowest BCUT2D eigenvalue weighted by molar-refractivity contribution is 0.777. The molecule has 14 heavy (non-hydrogen) atoms. The first-order valence-electron chi connectivity index (χ1n) is 4.92. The van der Waals surface area contributed by atoms with E-state index < -0.39 is 8.07 Å². The van der Waals surface area contributed by atoms with E-state index >= 15 is 0 Å². The van der Waals surface area contributed by atoms with Gasteiger partial charge in [0.2, 0.25) is 0 Å². The molecule has 0 aliphatic heterocycles. The van der Waals surface area contributed by atoms with E-state index in [1.54, 1.807) is 0 Å². The van der Waals surface area contributed by atoms with Gasteiger partial charge in [0.15, 0.2) is 0 Å². The van der Waals surface area contributed by atoms with E-state index in [-0.39, 0.29) is 0 Å². The van der Waals surface area contributed by atoms with Gasteiger partial charge < -0.3 is 5.32 Å². The Morgan fingerprint density at radius 1 is 1.14 bits per heavy atom. The lowest BCUT2D eigenvalue weighted by Crippen LogP contribution is -2.36. The molecule has 0 atom stereocenters. The van der Waals surface area contributed by atoms with Crippen molar-refractivity contribution >= 4 is 24.0 Å². The van der Waals surface area contributed by atoms with Crippen LogP contribution in [0.1, 0.15) is 5.56 Å². The summed E-state index contributed by atoms with van der Waals surface area (Å²) in [4.78, 5) is 0. The average molecular weight is 272 g/mol. The molecule has 1 aromatic rings. The van der Waals surface area contributed by atoms with Gasteiger partial charge in [-0.05, 0) is 23.9 Å². The fourth-order valence-corrected chi connectivity index (χ4v) is 2.32. The summed E-state index contributed by atoms with van der Waals surface area (Å²) >= 11 is 3.43. The van der Waals surface area contributed by atoms with E-state index in [9.17, 15) is 0 Å². The summed E-state index contributed by atoms with van der Waals surface area (Å²) in [5.41, 5.74) is 1.35. The van der Waals surface area contributed by atoms with Crippen LogP contribution in [0.15, 0.2) is 28.7 Å². The fourth-order valence-electron chi connectivity index (χ4n) is 1.18. The van der Waals surface area contributed by atoms with Crippen LogP contribution in [0.2, 0.25) is 19.6 Å². The van der Waals surface area contributed by atoms with Crippen molar-refractivity contribution in [3.8, 4) is 0 Å². The Morgan fingerprint density at radius 2 is 1.71 bits per heavy atom. The van der Waals surface area contributed by atoms with Crippen molar-refractivity contribution in [3.63, 3.8) is 0 Å². The van der Waals surface area contributed by atoms with Crippen LogP contribution >= 0.6 is 15.9 Å². The largest absolute Gasteiger partial charge is 0.315 e. The molecule has 0 aromatic heterocycles. The zero-order chi connectivity index (χ0) is 10.6. The summed E-state index contributed by atoms with van der Waals surface area (Å²) in [6, 6.07) is 8.49. The average Bonchev–Trinajstić information content (AvgIpc) is 2.06. The van der Waals surface area contributed by atoms with Gasteiger partial charge in [-0.25, -0.2) is 0 Å². The Labute approximate surface area is 96.1 Å². The quantitative estimate of drug-likeness (QED) is 0.828. The maximum Gasteiger partial charge on any atom is 0.0596 e. The summed E-state index contributed by atoms with van der Waals surface area (Å²) in [6.45, 7) is 8.11. The molecule has 0 aliphatic rings. The third-order valence-corrected chi connectivity index (χ3v) is 3.74. The molecule has 0 unspecified atom stereocenters. The van der Waals surface area contributed by atoms with Gasteiger partial charge in [-0.2, -0.15) is 0 Å². The Bertz CT molecular complexity index is 276. The van der Waals surface area contributed by atoms with Crippen LogP contribution in [0.25, 0.3) is 0 Å². The minimum atomic E-state index is -0.942. The summed E-state index contributed by atoms with van der Waals surface area (Å²) in [6.07, 6.45) is 1.18. The van der Waals surface area contributed by atoms with Gasteiger partial charge in [-0.1, -0.05) is 47.7 Å². The summed E-state index contributed by atoms with van der Waals surface area (Å²) in [5, 5.41) is 3.51. The normalized spacial score (nSPS) is 11.7. The van der Waals surface area contributed by atoms with E-state index in [0.29, 0.717) is 0 Å². The second-order valence-electron chi connectivity index (χ2n) is 4.79. The van der Waals surface area contributed by atoms with Crippen molar-refractivity contribution in [2.24, 2.45) is 0 Å². The number of nitrogens with one attached hydrogen (secondary N) is 1. The minimum absolute atomic E-state index is 0.942. The standard InChI is InChI=1S/C11H18BrNSi/c1-14(2,3)9-13-8-10-4-6-11(12)7-5-10/h4-7,13H,8-9H2,1-3H3. The van der Waals surface area contributed by atoms with Gasteiger partial charge in [0.1, 0.15) is 0 Å². The van der Waals surface area contributed by atoms with Gasteiger partial charge in [-0.15, -0.1) is 0 Å². The fraction of sp³-hybridized carbons (Fsp3) is 0.455. The number of halogens is 1. The number of benzene rings is 1. The van der Waals surface area contributed by atoms with Crippen LogP contribution in [-0.2, 0) is 6.54 Å². The van der Waals surface area contributed by atoms with Gasteiger partial charge in [-0.3, -0.25) is 0 Å². The highest BCUT2D eigenvalue weighted by Gasteiger charge is 2.11. The Kier molecular flexibility index (Phi) is 4.35. The van der Waals surface area contributed by atoms with Crippen molar-refractivity contribution in [2.75, 3.05) is 6.17 Å². The summed E-state index contributed by atoms with van der Waals surface area (Å²) in [5.74, 6) is 0. The zero-order valence-corrected chi connectivity index (χ0v) is 11.7. The molecule has 0 spiro atoms. The predicted molar refractivity (Wildman–Crippen MR) is 69.2 cm³/mol. The second-order valence-corrected chi connectivity index (χ2v) is 11.2. The summed E-state index contributed by atoms with van der Waals surface area (Å²) in [7, 11) is -0.942. The van der Waals surface area contributed by atoms with Crippen LogP contribution in [-0.4, -0.2) is 14.2 Å². The van der Waals surface area contributed by atoms with Gasteiger partial charge >= 0.3 is 0 Å². The molecule has 0 aliphatic carbocycles. The number of rotatable bonds is 4. The maximum absolute atomic E-state index is 3.51. The van der Waals surface area contributed by atoms with Crippen molar-refractivity contribution in [3.05, 3.63) is 34.3 Å². The molecule has 1 N–H and O–H groups in total. The van der Waals surface area contributed by atoms with Gasteiger partial charge in [0.05, 0.1) is 8.07 Å². The van der Waals surface area contributed by atoms with E-state index in [0.717, 1.165) is 11.0 Å². The van der Waals surface area contributed by atoms with Crippen molar-refractivity contribution in [1.29, 1.82) is 0 Å². The first-order valence-corrected chi connectivity index (χ1v) is 9.42. The molecule has 0 saturated carbocycles. The van der Waals surface area contributed by atoms with Crippen molar-refractivity contribution in [2.45, 2.75) is 26.2 Å². The van der Waals surface area contributed by atoms with Crippen LogP contribution in [0.3, 0.4) is 0 Å². The number of hydrogen-bond acceptors (Lipinski definition) is 1. The molecule has 0 fully saturated rings. The molecule has 0 heterocycles. The van der Waals surface area contributed by atoms with Crippen LogP contribution in [0.4, 0.5) is 0 Å². The monoisotopic (exact) mass is 271 g/mol. The highest BCUT2D eigenvalue weighted by molar-refractivity contribution is 9.10. The first-order chi connectivity index (χ1) is 6.47. The van der Waals surface area contributed by atoms with Gasteiger partial charge in [0.25, 0.3) is 0 Å². The highest BCUT2D eigenvalue weighted by atomic mass is 79.9. The minimum Gasteiger partial charge on any atom is -0.315 e. The maximum atomic E-state index is 3.51. The van der Waals surface area contributed by atoms with Crippen molar-refractivity contribution in [1.82, 2.24) is 5.32 Å². The smallest absolute Gasteiger partial charge is 0.0596 e. The molecule has 1 nitrogen and oxygen atoms in total. The highest BCUT2D eigenvalue weighted by Crippen LogP contribution is 2.10. The molecule has 0 bridgehead atoms. The van der Waals surface area contributed by atoms with Gasteiger partial charge in [0, 0.05) is 11.0 Å². The molecule has 0 amide bonds. The lowest BCUT2D eigenvalue weighted by Gasteiger charge is -2.16. The molecule has 3 heteroatoms. The second kappa shape index (κ2) is 5.10. The lowest BCUT2D eigenvalue weighted by atomic mass is 10.2. The van der Waals surface area contributed by atoms with Crippen LogP contribution in [0, 0.1) is 0 Å². The van der Waals surface area contributed by atoms with E-state index in [2.05, 4.69) is 65.2 Å². The molecule has 0 saturated heterocycles. The third-order valence-electron chi connectivity index (χ3n) is 1.90. The predicted octanol–water partition coefficient (Wildman–Crippen LogP) is 3.42. The van der Waals surface area contributed by atoms with Crippen LogP contribution < -0.4 is 5.32 Å². The topological polar surface area (TPSA) is 12.0 Å². The van der Waals surface area contributed by atoms with Crippen LogP contribution in [0.5, 0.6) is 0 Å². The van der Waals surface area contributed by atoms with E-state index in [4.69, 9.17) is 0 Å². The third kappa shape index (κ3) is 4.93. The molecular weight excluding hydrogens is 254 g/mol. The van der Waals surface area contributed by atoms with E-state index in [1.807, 2.05) is 0 Å². The van der Waals surface area contributed by atoms with Crippen molar-refractivity contribution < 1.29 is 0 Å². The number of hydrogen-bond donors (Lipinski definition) is 1. The molecule has 1 rings (SSSR count). The Morgan fingerprint density at radius 3 is 2.21 bits per heavy atom. The molecule has 1 aromatic carbocycles. The SMILES string of the molecule is C[Si](C)(C)CNCc1ccc(Br)cc1. The Hall–Kier alpha value is -0.123. The zero-order valence-electron chi connectivity index (χ0n) is 9.10. The molecule has 0 radical (unpaired) electrons. The molecular formula is C11H18BrNSi. The molecule has 78 valence electrons. The van der Waals surface area contributed by atoms with E-state index in [1.165, 1.54) is 11.7 Å². The Balaban J connectivity index is 2.35. The first kappa shape index (κ1) is 11.9.